The van der Waals surface area contributed by atoms with Crippen molar-refractivity contribution in [3.8, 4) is 0 Å². The summed E-state index contributed by atoms with van der Waals surface area (Å²) in [5.41, 5.74) is 4.09. The predicted molar refractivity (Wildman–Crippen MR) is 133 cm³/mol. The van der Waals surface area contributed by atoms with E-state index in [-0.39, 0.29) is 11.4 Å². The van der Waals surface area contributed by atoms with E-state index in [2.05, 4.69) is 90.1 Å². The van der Waals surface area contributed by atoms with Gasteiger partial charge in [-0.25, -0.2) is 0 Å². The van der Waals surface area contributed by atoms with Gasteiger partial charge >= 0.3 is 0 Å². The number of carbonyl (C=O) groups is 1. The number of fused-ring (bicyclic) bond motifs is 1. The van der Waals surface area contributed by atoms with Crippen LogP contribution in [0.4, 0.5) is 0 Å². The number of unbranched alkanes of at least 4 members (excludes halogenated alkanes) is 1. The molecule has 1 aliphatic carbocycles. The van der Waals surface area contributed by atoms with Gasteiger partial charge in [0.2, 0.25) is 5.91 Å². The monoisotopic (exact) mass is 431 g/mol. The van der Waals surface area contributed by atoms with Crippen LogP contribution in [0.3, 0.4) is 0 Å². The molecule has 4 heteroatoms. The Hall–Kier alpha value is -2.59. The van der Waals surface area contributed by atoms with Gasteiger partial charge in [-0.3, -0.25) is 9.69 Å². The third-order valence-corrected chi connectivity index (χ3v) is 7.46. The molecule has 1 aliphatic rings. The van der Waals surface area contributed by atoms with E-state index in [4.69, 9.17) is 0 Å². The number of hydrogen-bond donors (Lipinski definition) is 2. The number of aromatic nitrogens is 1. The molecular formula is C28H37N3O. The Bertz CT molecular complexity index is 1000. The maximum Gasteiger partial charge on any atom is 0.220 e. The summed E-state index contributed by atoms with van der Waals surface area (Å²) in [4.78, 5) is 18.1. The average Bonchev–Trinajstić information content (AvgIpc) is 3.24. The van der Waals surface area contributed by atoms with Gasteiger partial charge in [0.1, 0.15) is 0 Å². The Morgan fingerprint density at radius 2 is 1.75 bits per heavy atom. The van der Waals surface area contributed by atoms with Crippen LogP contribution in [0.25, 0.3) is 10.9 Å². The molecule has 0 atom stereocenters. The number of hydrogen-bond acceptors (Lipinski definition) is 2. The Labute approximate surface area is 192 Å². The summed E-state index contributed by atoms with van der Waals surface area (Å²) in [7, 11) is 4.40. The predicted octanol–water partition coefficient (Wildman–Crippen LogP) is 5.64. The van der Waals surface area contributed by atoms with Crippen molar-refractivity contribution >= 4 is 16.8 Å². The maximum absolute atomic E-state index is 12.4. The van der Waals surface area contributed by atoms with Crippen LogP contribution in [0, 0.1) is 5.92 Å². The molecule has 1 amide bonds. The second-order valence-electron chi connectivity index (χ2n) is 9.61. The summed E-state index contributed by atoms with van der Waals surface area (Å²) in [6.45, 7) is 0.819. The lowest BCUT2D eigenvalue weighted by Crippen LogP contribution is -2.45. The summed E-state index contributed by atoms with van der Waals surface area (Å²) in [6.07, 6.45) is 10.4. The first kappa shape index (κ1) is 22.6. The molecule has 0 aliphatic heterocycles. The van der Waals surface area contributed by atoms with Crippen LogP contribution in [0.5, 0.6) is 0 Å². The molecule has 32 heavy (non-hydrogen) atoms. The first-order valence-corrected chi connectivity index (χ1v) is 12.1. The molecule has 1 fully saturated rings. The lowest BCUT2D eigenvalue weighted by Gasteiger charge is -2.45. The summed E-state index contributed by atoms with van der Waals surface area (Å²) >= 11 is 0. The zero-order valence-electron chi connectivity index (χ0n) is 19.6. The molecule has 4 rings (SSSR count). The van der Waals surface area contributed by atoms with Crippen molar-refractivity contribution in [2.24, 2.45) is 5.92 Å². The van der Waals surface area contributed by atoms with Crippen LogP contribution in [0.15, 0.2) is 60.8 Å². The van der Waals surface area contributed by atoms with Gasteiger partial charge in [0.25, 0.3) is 0 Å². The van der Waals surface area contributed by atoms with Gasteiger partial charge in [0.15, 0.2) is 0 Å². The topological polar surface area (TPSA) is 48.1 Å². The van der Waals surface area contributed by atoms with E-state index in [1.165, 1.54) is 22.0 Å². The van der Waals surface area contributed by atoms with E-state index < -0.39 is 0 Å². The highest BCUT2D eigenvalue weighted by atomic mass is 16.1. The fraction of sp³-hybridized carbons (Fsp3) is 0.464. The number of nitrogens with zero attached hydrogens (tertiary/aromatic N) is 1. The number of amides is 1. The molecule has 1 saturated carbocycles. The van der Waals surface area contributed by atoms with E-state index in [1.807, 2.05) is 0 Å². The minimum absolute atomic E-state index is 0.129. The van der Waals surface area contributed by atoms with Gasteiger partial charge in [0, 0.05) is 35.6 Å². The van der Waals surface area contributed by atoms with Crippen molar-refractivity contribution in [1.29, 1.82) is 0 Å². The molecule has 1 aromatic heterocycles. The molecule has 0 unspecified atom stereocenters. The highest BCUT2D eigenvalue weighted by Gasteiger charge is 2.38. The van der Waals surface area contributed by atoms with Gasteiger partial charge < -0.3 is 10.3 Å². The van der Waals surface area contributed by atoms with Crippen LogP contribution >= 0.6 is 0 Å². The van der Waals surface area contributed by atoms with Crippen molar-refractivity contribution in [2.75, 3.05) is 20.6 Å². The molecule has 2 aromatic carbocycles. The number of aromatic amines is 1. The molecule has 4 nitrogen and oxygen atoms in total. The van der Waals surface area contributed by atoms with Crippen molar-refractivity contribution in [3.05, 3.63) is 71.9 Å². The maximum atomic E-state index is 12.4. The van der Waals surface area contributed by atoms with E-state index in [0.29, 0.717) is 12.3 Å². The number of aryl methyl sites for hydroxylation is 1. The summed E-state index contributed by atoms with van der Waals surface area (Å²) in [5.74, 6) is 0.790. The second kappa shape index (κ2) is 10.4. The number of carbonyl (C=O) groups excluding carboxylic acids is 1. The molecule has 0 bridgehead atoms. The largest absolute Gasteiger partial charge is 0.361 e. The third-order valence-electron chi connectivity index (χ3n) is 7.46. The van der Waals surface area contributed by atoms with Crippen LogP contribution in [0.2, 0.25) is 0 Å². The Morgan fingerprint density at radius 1 is 1.03 bits per heavy atom. The molecule has 170 valence electrons. The second-order valence-corrected chi connectivity index (χ2v) is 9.61. The fourth-order valence-electron chi connectivity index (χ4n) is 5.39. The normalized spacial score (nSPS) is 21.2. The van der Waals surface area contributed by atoms with Gasteiger partial charge in [-0.05, 0) is 82.2 Å². The Morgan fingerprint density at radius 3 is 2.50 bits per heavy atom. The van der Waals surface area contributed by atoms with Gasteiger partial charge in [-0.1, -0.05) is 48.5 Å². The van der Waals surface area contributed by atoms with Crippen LogP contribution in [0.1, 0.15) is 56.1 Å². The highest BCUT2D eigenvalue weighted by Crippen LogP contribution is 2.42. The summed E-state index contributed by atoms with van der Waals surface area (Å²) in [5, 5.41) is 4.52. The number of para-hydroxylation sites is 1. The number of rotatable bonds is 9. The summed E-state index contributed by atoms with van der Waals surface area (Å²) in [6, 6.07) is 19.3. The van der Waals surface area contributed by atoms with Crippen LogP contribution < -0.4 is 5.32 Å². The van der Waals surface area contributed by atoms with Crippen LogP contribution in [-0.2, 0) is 16.8 Å². The van der Waals surface area contributed by atoms with Crippen molar-refractivity contribution < 1.29 is 4.79 Å². The minimum atomic E-state index is 0.129. The van der Waals surface area contributed by atoms with E-state index in [9.17, 15) is 4.79 Å². The molecule has 0 radical (unpaired) electrons. The summed E-state index contributed by atoms with van der Waals surface area (Å²) < 4.78 is 0. The zero-order valence-corrected chi connectivity index (χ0v) is 19.6. The van der Waals surface area contributed by atoms with Crippen LogP contribution in [-0.4, -0.2) is 36.4 Å². The quantitative estimate of drug-likeness (QED) is 0.431. The van der Waals surface area contributed by atoms with Crippen molar-refractivity contribution in [3.63, 3.8) is 0 Å². The van der Waals surface area contributed by atoms with E-state index in [1.54, 1.807) is 0 Å². The van der Waals surface area contributed by atoms with Crippen molar-refractivity contribution in [1.82, 2.24) is 15.2 Å². The SMILES string of the molecule is CN(C)C1(c2ccccc2)CCC(CNC(=O)CCCCc2c[nH]c3ccccc23)CC1. The molecule has 1 heterocycles. The van der Waals surface area contributed by atoms with Crippen molar-refractivity contribution in [2.45, 2.75) is 56.9 Å². The zero-order chi connectivity index (χ0) is 22.4. The van der Waals surface area contributed by atoms with Gasteiger partial charge in [-0.15, -0.1) is 0 Å². The average molecular weight is 432 g/mol. The van der Waals surface area contributed by atoms with E-state index >= 15 is 0 Å². The van der Waals surface area contributed by atoms with E-state index in [0.717, 1.165) is 51.5 Å². The number of H-pyrrole nitrogens is 1. The fourth-order valence-corrected chi connectivity index (χ4v) is 5.39. The highest BCUT2D eigenvalue weighted by molar-refractivity contribution is 5.83. The third kappa shape index (κ3) is 5.07. The Kier molecular flexibility index (Phi) is 7.31. The lowest BCUT2D eigenvalue weighted by molar-refractivity contribution is -0.121. The molecule has 0 saturated heterocycles. The molecule has 3 aromatic rings. The molecule has 0 spiro atoms. The first-order chi connectivity index (χ1) is 15.6. The minimum Gasteiger partial charge on any atom is -0.361 e. The lowest BCUT2D eigenvalue weighted by atomic mass is 9.72. The first-order valence-electron chi connectivity index (χ1n) is 12.1. The van der Waals surface area contributed by atoms with Gasteiger partial charge in [0.05, 0.1) is 0 Å². The molecule has 2 N–H and O–H groups in total. The number of benzene rings is 2. The smallest absolute Gasteiger partial charge is 0.220 e. The van der Waals surface area contributed by atoms with Gasteiger partial charge in [-0.2, -0.15) is 0 Å². The standard InChI is InChI=1S/C28H37N3O/c1-31(2)28(24-11-4-3-5-12-24)18-16-22(17-19-28)20-30-27(32)15-9-6-10-23-21-29-26-14-8-7-13-25(23)26/h3-5,7-8,11-14,21-22,29H,6,9-10,15-20H2,1-2H3,(H,30,32). The Balaban J connectivity index is 1.17. The molecular weight excluding hydrogens is 394 g/mol. The number of nitrogens with one attached hydrogen (secondary N) is 2.